The monoisotopic (exact) mass is 241 g/mol. The minimum atomic E-state index is -3.62. The number of sulfonamides is 1. The van der Waals surface area contributed by atoms with Crippen molar-refractivity contribution < 1.29 is 13.2 Å². The van der Waals surface area contributed by atoms with E-state index < -0.39 is 10.0 Å². The molecule has 0 amide bonds. The van der Waals surface area contributed by atoms with Crippen LogP contribution in [-0.4, -0.2) is 15.0 Å². The Morgan fingerprint density at radius 2 is 1.94 bits per heavy atom. The number of nitrogens with two attached hydrogens (primary N) is 1. The molecular weight excluding hydrogens is 226 g/mol. The highest BCUT2D eigenvalue weighted by atomic mass is 32.2. The molecule has 0 aliphatic heterocycles. The van der Waals surface area contributed by atoms with Crippen LogP contribution < -0.4 is 9.88 Å². The molecule has 16 heavy (non-hydrogen) atoms. The van der Waals surface area contributed by atoms with E-state index in [0.29, 0.717) is 12.4 Å². The van der Waals surface area contributed by atoms with Crippen LogP contribution in [0.3, 0.4) is 0 Å². The molecule has 88 valence electrons. The van der Waals surface area contributed by atoms with Crippen LogP contribution in [0.2, 0.25) is 0 Å². The van der Waals surface area contributed by atoms with E-state index in [1.54, 1.807) is 12.1 Å². The van der Waals surface area contributed by atoms with Crippen molar-refractivity contribution in [2.24, 2.45) is 5.14 Å². The fourth-order valence-electron chi connectivity index (χ4n) is 1.14. The maximum Gasteiger partial charge on any atom is 0.238 e. The van der Waals surface area contributed by atoms with Crippen molar-refractivity contribution in [3.8, 4) is 5.75 Å². The van der Waals surface area contributed by atoms with Crippen molar-refractivity contribution in [1.29, 1.82) is 0 Å². The van der Waals surface area contributed by atoms with Gasteiger partial charge in [-0.15, -0.1) is 6.58 Å². The first-order valence-electron chi connectivity index (χ1n) is 4.90. The molecule has 1 rings (SSSR count). The average molecular weight is 241 g/mol. The molecule has 0 fully saturated rings. The fourth-order valence-corrected chi connectivity index (χ4v) is 1.66. The third-order valence-corrected chi connectivity index (χ3v) is 2.90. The van der Waals surface area contributed by atoms with Crippen molar-refractivity contribution >= 4 is 10.0 Å². The van der Waals surface area contributed by atoms with E-state index in [-0.39, 0.29) is 4.90 Å². The Kier molecular flexibility index (Phi) is 4.52. The molecule has 0 saturated heterocycles. The smallest absolute Gasteiger partial charge is 0.238 e. The Hall–Kier alpha value is -1.33. The summed E-state index contributed by atoms with van der Waals surface area (Å²) in [6.07, 6.45) is 3.61. The van der Waals surface area contributed by atoms with Gasteiger partial charge in [0.2, 0.25) is 10.0 Å². The first-order valence-corrected chi connectivity index (χ1v) is 6.45. The normalized spacial score (nSPS) is 11.1. The van der Waals surface area contributed by atoms with E-state index in [9.17, 15) is 8.42 Å². The zero-order valence-corrected chi connectivity index (χ0v) is 9.74. The zero-order valence-electron chi connectivity index (χ0n) is 8.93. The minimum Gasteiger partial charge on any atom is -0.494 e. The summed E-state index contributed by atoms with van der Waals surface area (Å²) in [5, 5.41) is 4.97. The number of allylic oxidation sites excluding steroid dienone is 1. The summed E-state index contributed by atoms with van der Waals surface area (Å²) in [7, 11) is -3.62. The lowest BCUT2D eigenvalue weighted by Gasteiger charge is -2.05. The van der Waals surface area contributed by atoms with E-state index in [1.807, 2.05) is 6.08 Å². The minimum absolute atomic E-state index is 0.0888. The molecule has 0 radical (unpaired) electrons. The zero-order chi connectivity index (χ0) is 12.0. The largest absolute Gasteiger partial charge is 0.494 e. The number of ether oxygens (including phenoxy) is 1. The van der Waals surface area contributed by atoms with Crippen LogP contribution >= 0.6 is 0 Å². The van der Waals surface area contributed by atoms with Crippen LogP contribution in [0.4, 0.5) is 0 Å². The van der Waals surface area contributed by atoms with Gasteiger partial charge in [0.25, 0.3) is 0 Å². The third-order valence-electron chi connectivity index (χ3n) is 1.97. The quantitative estimate of drug-likeness (QED) is 0.608. The van der Waals surface area contributed by atoms with Crippen molar-refractivity contribution in [3.63, 3.8) is 0 Å². The summed E-state index contributed by atoms with van der Waals surface area (Å²) < 4.78 is 27.3. The first kappa shape index (κ1) is 12.7. The number of primary sulfonamides is 1. The number of unbranched alkanes of at least 4 members (excludes halogenated alkanes) is 1. The summed E-state index contributed by atoms with van der Waals surface area (Å²) in [6, 6.07) is 6.04. The van der Waals surface area contributed by atoms with E-state index >= 15 is 0 Å². The SMILES string of the molecule is C=CCCCOc1ccc(S(N)(=O)=O)cc1. The van der Waals surface area contributed by atoms with Gasteiger partial charge in [0, 0.05) is 0 Å². The lowest BCUT2D eigenvalue weighted by molar-refractivity contribution is 0.312. The fraction of sp³-hybridized carbons (Fsp3) is 0.273. The van der Waals surface area contributed by atoms with Crippen molar-refractivity contribution in [3.05, 3.63) is 36.9 Å². The molecule has 5 heteroatoms. The number of rotatable bonds is 6. The molecule has 1 aromatic rings. The van der Waals surface area contributed by atoms with Crippen LogP contribution in [0.1, 0.15) is 12.8 Å². The van der Waals surface area contributed by atoms with Crippen LogP contribution in [0.25, 0.3) is 0 Å². The number of hydrogen-bond donors (Lipinski definition) is 1. The summed E-state index contributed by atoms with van der Waals surface area (Å²) in [4.78, 5) is 0.0888. The van der Waals surface area contributed by atoms with Crippen LogP contribution in [0, 0.1) is 0 Å². The Labute approximate surface area is 95.8 Å². The number of hydrogen-bond acceptors (Lipinski definition) is 3. The third kappa shape index (κ3) is 4.04. The molecular formula is C11H15NO3S. The molecule has 1 aromatic carbocycles. The Morgan fingerprint density at radius 1 is 1.31 bits per heavy atom. The van der Waals surface area contributed by atoms with Gasteiger partial charge in [0.05, 0.1) is 11.5 Å². The van der Waals surface area contributed by atoms with Gasteiger partial charge in [-0.2, -0.15) is 0 Å². The topological polar surface area (TPSA) is 69.4 Å². The van der Waals surface area contributed by atoms with Gasteiger partial charge in [-0.3, -0.25) is 0 Å². The lowest BCUT2D eigenvalue weighted by atomic mass is 10.3. The average Bonchev–Trinajstić information content (AvgIpc) is 2.24. The van der Waals surface area contributed by atoms with E-state index in [0.717, 1.165) is 12.8 Å². The summed E-state index contributed by atoms with van der Waals surface area (Å²) in [6.45, 7) is 4.19. The van der Waals surface area contributed by atoms with Gasteiger partial charge in [-0.05, 0) is 37.1 Å². The second kappa shape index (κ2) is 5.67. The first-order chi connectivity index (χ1) is 7.54. The van der Waals surface area contributed by atoms with Gasteiger partial charge in [-0.25, -0.2) is 13.6 Å². The molecule has 0 atom stereocenters. The molecule has 0 aliphatic carbocycles. The van der Waals surface area contributed by atoms with E-state index in [4.69, 9.17) is 9.88 Å². The molecule has 0 unspecified atom stereocenters. The lowest BCUT2D eigenvalue weighted by Crippen LogP contribution is -2.11. The van der Waals surface area contributed by atoms with Gasteiger partial charge in [0.1, 0.15) is 5.75 Å². The Morgan fingerprint density at radius 3 is 2.44 bits per heavy atom. The highest BCUT2D eigenvalue weighted by Crippen LogP contribution is 2.15. The predicted octanol–water partition coefficient (Wildman–Crippen LogP) is 1.68. The highest BCUT2D eigenvalue weighted by molar-refractivity contribution is 7.89. The van der Waals surface area contributed by atoms with Crippen molar-refractivity contribution in [2.45, 2.75) is 17.7 Å². The standard InChI is InChI=1S/C11H15NO3S/c1-2-3-4-9-15-10-5-7-11(8-6-10)16(12,13)14/h2,5-8H,1,3-4,9H2,(H2,12,13,14). The van der Waals surface area contributed by atoms with Gasteiger partial charge >= 0.3 is 0 Å². The molecule has 0 aliphatic rings. The molecule has 0 spiro atoms. The second-order valence-corrected chi connectivity index (χ2v) is 4.86. The van der Waals surface area contributed by atoms with Crippen molar-refractivity contribution in [2.75, 3.05) is 6.61 Å². The predicted molar refractivity (Wildman–Crippen MR) is 62.7 cm³/mol. The van der Waals surface area contributed by atoms with Crippen molar-refractivity contribution in [1.82, 2.24) is 0 Å². The molecule has 0 aromatic heterocycles. The second-order valence-electron chi connectivity index (χ2n) is 3.30. The van der Waals surface area contributed by atoms with Crippen LogP contribution in [0.5, 0.6) is 5.75 Å². The number of benzene rings is 1. The summed E-state index contributed by atoms with van der Waals surface area (Å²) >= 11 is 0. The molecule has 0 saturated carbocycles. The maximum absolute atomic E-state index is 11.0. The Balaban J connectivity index is 2.55. The van der Waals surface area contributed by atoms with Crippen LogP contribution in [0.15, 0.2) is 41.8 Å². The summed E-state index contributed by atoms with van der Waals surface area (Å²) in [5.41, 5.74) is 0. The highest BCUT2D eigenvalue weighted by Gasteiger charge is 2.06. The van der Waals surface area contributed by atoms with E-state index in [2.05, 4.69) is 6.58 Å². The maximum atomic E-state index is 11.0. The van der Waals surface area contributed by atoms with Gasteiger partial charge in [-0.1, -0.05) is 6.08 Å². The molecule has 4 nitrogen and oxygen atoms in total. The van der Waals surface area contributed by atoms with E-state index in [1.165, 1.54) is 12.1 Å². The van der Waals surface area contributed by atoms with Gasteiger partial charge < -0.3 is 4.74 Å². The molecule has 0 bridgehead atoms. The molecule has 0 heterocycles. The van der Waals surface area contributed by atoms with Gasteiger partial charge in [0.15, 0.2) is 0 Å². The molecule has 2 N–H and O–H groups in total. The summed E-state index contributed by atoms with van der Waals surface area (Å²) in [5.74, 6) is 0.636. The van der Waals surface area contributed by atoms with Crippen LogP contribution in [-0.2, 0) is 10.0 Å². The Bertz CT molecular complexity index is 437.